The Labute approximate surface area is 180 Å². The van der Waals surface area contributed by atoms with Gasteiger partial charge in [-0.25, -0.2) is 0 Å². The van der Waals surface area contributed by atoms with E-state index in [1.165, 1.54) is 0 Å². The molecule has 2 N–H and O–H groups in total. The SMILES string of the molecule is COc1ccc2cc([C@H](C)C(=O)OC[C@@H]3NC(=O)[C@H](C(C)CS)NC3=O)ccc2c1. The van der Waals surface area contributed by atoms with Crippen LogP contribution in [0.15, 0.2) is 36.4 Å². The fourth-order valence-electron chi connectivity index (χ4n) is 3.34. The van der Waals surface area contributed by atoms with Crippen molar-refractivity contribution in [1.82, 2.24) is 10.6 Å². The van der Waals surface area contributed by atoms with Crippen molar-refractivity contribution in [2.24, 2.45) is 5.92 Å². The lowest BCUT2D eigenvalue weighted by Crippen LogP contribution is -2.65. The number of rotatable bonds is 7. The Morgan fingerprint density at radius 1 is 1.07 bits per heavy atom. The van der Waals surface area contributed by atoms with Crippen LogP contribution in [0.25, 0.3) is 10.8 Å². The summed E-state index contributed by atoms with van der Waals surface area (Å²) in [7, 11) is 1.61. The largest absolute Gasteiger partial charge is 0.497 e. The molecule has 1 unspecified atom stereocenters. The first-order valence-electron chi connectivity index (χ1n) is 9.80. The van der Waals surface area contributed by atoms with Crippen molar-refractivity contribution in [2.75, 3.05) is 19.5 Å². The molecule has 3 rings (SSSR count). The second kappa shape index (κ2) is 9.38. The molecule has 0 bridgehead atoms. The standard InChI is InChI=1S/C22H26N2O5S/c1-12(11-30)19-21(26)23-18(20(25)24-19)10-29-22(27)13(2)14-4-5-16-9-17(28-3)7-6-15(16)8-14/h4-9,12-13,18-19,30H,10-11H2,1-3H3,(H,23,26)(H,24,25)/t12?,13-,18-,19-/m0/s1. The molecule has 1 saturated heterocycles. The van der Waals surface area contributed by atoms with E-state index < -0.39 is 24.0 Å². The fraction of sp³-hybridized carbons (Fsp3) is 0.409. The fourth-order valence-corrected chi connectivity index (χ4v) is 3.55. The summed E-state index contributed by atoms with van der Waals surface area (Å²) in [5.74, 6) is -0.515. The molecule has 4 atom stereocenters. The number of nitrogens with one attached hydrogen (secondary N) is 2. The van der Waals surface area contributed by atoms with Gasteiger partial charge in [0, 0.05) is 0 Å². The van der Waals surface area contributed by atoms with Crippen LogP contribution in [0.1, 0.15) is 25.3 Å². The first kappa shape index (κ1) is 22.0. The number of methoxy groups -OCH3 is 1. The molecule has 1 aliphatic heterocycles. The molecular weight excluding hydrogens is 404 g/mol. The van der Waals surface area contributed by atoms with Crippen molar-refractivity contribution in [3.05, 3.63) is 42.0 Å². The second-order valence-electron chi connectivity index (χ2n) is 7.53. The van der Waals surface area contributed by atoms with E-state index >= 15 is 0 Å². The van der Waals surface area contributed by atoms with Gasteiger partial charge >= 0.3 is 5.97 Å². The van der Waals surface area contributed by atoms with Gasteiger partial charge in [-0.05, 0) is 47.1 Å². The minimum Gasteiger partial charge on any atom is -0.497 e. The molecule has 0 aromatic heterocycles. The first-order valence-corrected chi connectivity index (χ1v) is 10.4. The van der Waals surface area contributed by atoms with Crippen molar-refractivity contribution in [3.8, 4) is 5.75 Å². The average Bonchev–Trinajstić information content (AvgIpc) is 2.77. The summed E-state index contributed by atoms with van der Waals surface area (Å²) in [4.78, 5) is 37.0. The van der Waals surface area contributed by atoms with E-state index in [1.54, 1.807) is 14.0 Å². The smallest absolute Gasteiger partial charge is 0.313 e. The molecule has 30 heavy (non-hydrogen) atoms. The van der Waals surface area contributed by atoms with Gasteiger partial charge in [0.2, 0.25) is 11.8 Å². The quantitative estimate of drug-likeness (QED) is 0.462. The van der Waals surface area contributed by atoms with E-state index in [9.17, 15) is 14.4 Å². The highest BCUT2D eigenvalue weighted by Crippen LogP contribution is 2.26. The van der Waals surface area contributed by atoms with Crippen LogP contribution in [0, 0.1) is 5.92 Å². The van der Waals surface area contributed by atoms with Crippen molar-refractivity contribution >= 4 is 41.2 Å². The predicted octanol–water partition coefficient (Wildman–Crippen LogP) is 2.04. The molecule has 1 heterocycles. The lowest BCUT2D eigenvalue weighted by molar-refractivity contribution is -0.149. The Balaban J connectivity index is 1.61. The first-order chi connectivity index (χ1) is 14.3. The van der Waals surface area contributed by atoms with E-state index in [0.29, 0.717) is 5.75 Å². The molecule has 0 aliphatic carbocycles. The predicted molar refractivity (Wildman–Crippen MR) is 117 cm³/mol. The van der Waals surface area contributed by atoms with Crippen molar-refractivity contribution in [1.29, 1.82) is 0 Å². The molecular formula is C22H26N2O5S. The number of hydrogen-bond donors (Lipinski definition) is 3. The zero-order valence-corrected chi connectivity index (χ0v) is 18.1. The Morgan fingerprint density at radius 3 is 2.47 bits per heavy atom. The number of fused-ring (bicyclic) bond motifs is 1. The number of benzene rings is 2. The third kappa shape index (κ3) is 4.70. The minimum absolute atomic E-state index is 0.103. The summed E-state index contributed by atoms with van der Waals surface area (Å²) < 4.78 is 10.6. The number of ether oxygens (including phenoxy) is 2. The molecule has 2 aromatic rings. The number of carbonyl (C=O) groups is 3. The lowest BCUT2D eigenvalue weighted by atomic mass is 9.97. The number of piperazine rings is 1. The van der Waals surface area contributed by atoms with E-state index in [1.807, 2.05) is 43.3 Å². The zero-order valence-electron chi connectivity index (χ0n) is 17.2. The van der Waals surface area contributed by atoms with Crippen LogP contribution in [0.4, 0.5) is 0 Å². The number of thiol groups is 1. The van der Waals surface area contributed by atoms with Gasteiger partial charge in [-0.2, -0.15) is 12.6 Å². The molecule has 1 fully saturated rings. The minimum atomic E-state index is -0.902. The lowest BCUT2D eigenvalue weighted by Gasteiger charge is -2.32. The van der Waals surface area contributed by atoms with Crippen LogP contribution in [-0.4, -0.2) is 49.3 Å². The Bertz CT molecular complexity index is 964. The molecule has 1 aliphatic rings. The molecule has 160 valence electrons. The summed E-state index contributed by atoms with van der Waals surface area (Å²) in [6.07, 6.45) is 0. The van der Waals surface area contributed by atoms with Gasteiger partial charge in [0.05, 0.1) is 13.0 Å². The van der Waals surface area contributed by atoms with E-state index in [0.717, 1.165) is 22.1 Å². The van der Waals surface area contributed by atoms with Gasteiger partial charge in [-0.3, -0.25) is 14.4 Å². The van der Waals surface area contributed by atoms with Gasteiger partial charge in [0.1, 0.15) is 24.4 Å². The third-order valence-electron chi connectivity index (χ3n) is 5.39. The monoisotopic (exact) mass is 430 g/mol. The highest BCUT2D eigenvalue weighted by atomic mass is 32.1. The van der Waals surface area contributed by atoms with Crippen LogP contribution in [0.2, 0.25) is 0 Å². The highest BCUT2D eigenvalue weighted by Gasteiger charge is 2.37. The van der Waals surface area contributed by atoms with Gasteiger partial charge in [-0.15, -0.1) is 0 Å². The van der Waals surface area contributed by atoms with Crippen LogP contribution in [0.5, 0.6) is 5.75 Å². The normalized spacial score (nSPS) is 20.8. The number of hydrogen-bond acceptors (Lipinski definition) is 6. The van der Waals surface area contributed by atoms with Crippen LogP contribution in [-0.2, 0) is 19.1 Å². The summed E-state index contributed by atoms with van der Waals surface area (Å²) in [5.41, 5.74) is 0.803. The van der Waals surface area contributed by atoms with Gasteiger partial charge in [0.25, 0.3) is 0 Å². The van der Waals surface area contributed by atoms with Crippen molar-refractivity contribution in [3.63, 3.8) is 0 Å². The molecule has 7 nitrogen and oxygen atoms in total. The molecule has 8 heteroatoms. The maximum Gasteiger partial charge on any atom is 0.313 e. The Kier molecular flexibility index (Phi) is 6.87. The Hall–Kier alpha value is -2.74. The van der Waals surface area contributed by atoms with Crippen molar-refractivity contribution in [2.45, 2.75) is 31.8 Å². The second-order valence-corrected chi connectivity index (χ2v) is 7.90. The Morgan fingerprint density at radius 2 is 1.77 bits per heavy atom. The van der Waals surface area contributed by atoms with Gasteiger partial charge in [0.15, 0.2) is 0 Å². The summed E-state index contributed by atoms with van der Waals surface area (Å²) >= 11 is 4.17. The van der Waals surface area contributed by atoms with E-state index in [2.05, 4.69) is 23.3 Å². The van der Waals surface area contributed by atoms with Gasteiger partial charge in [-0.1, -0.05) is 31.2 Å². The maximum atomic E-state index is 12.5. The number of amides is 2. The van der Waals surface area contributed by atoms with Crippen LogP contribution < -0.4 is 15.4 Å². The average molecular weight is 431 g/mol. The molecule has 2 amide bonds. The molecule has 0 spiro atoms. The third-order valence-corrected chi connectivity index (χ3v) is 5.96. The maximum absolute atomic E-state index is 12.5. The number of carbonyl (C=O) groups excluding carboxylic acids is 3. The molecule has 0 saturated carbocycles. The van der Waals surface area contributed by atoms with Gasteiger partial charge < -0.3 is 20.1 Å². The van der Waals surface area contributed by atoms with E-state index in [-0.39, 0.29) is 24.3 Å². The van der Waals surface area contributed by atoms with Crippen LogP contribution in [0.3, 0.4) is 0 Å². The summed E-state index contributed by atoms with van der Waals surface area (Å²) in [6.45, 7) is 3.36. The van der Waals surface area contributed by atoms with Crippen molar-refractivity contribution < 1.29 is 23.9 Å². The molecule has 0 radical (unpaired) electrons. The highest BCUT2D eigenvalue weighted by molar-refractivity contribution is 7.80. The summed E-state index contributed by atoms with van der Waals surface area (Å²) in [6, 6.07) is 9.91. The van der Waals surface area contributed by atoms with Crippen LogP contribution >= 0.6 is 12.6 Å². The molecule has 2 aromatic carbocycles. The summed E-state index contributed by atoms with van der Waals surface area (Å²) in [5, 5.41) is 7.29. The zero-order chi connectivity index (χ0) is 21.8. The topological polar surface area (TPSA) is 93.7 Å². The van der Waals surface area contributed by atoms with E-state index in [4.69, 9.17) is 9.47 Å². The number of esters is 1.